The molecule has 0 amide bonds. The summed E-state index contributed by atoms with van der Waals surface area (Å²) in [6, 6.07) is 9.11. The minimum atomic E-state index is -3.76. The number of rotatable bonds is 8. The first-order valence-electron chi connectivity index (χ1n) is 14.5. The molecule has 0 radical (unpaired) electrons. The fraction of sp³-hybridized carbons (Fsp3) is 0.552. The Morgan fingerprint density at radius 1 is 0.976 bits per heavy atom. The molecule has 2 aromatic heterocycles. The van der Waals surface area contributed by atoms with Gasteiger partial charge in [-0.1, -0.05) is 5.21 Å². The lowest BCUT2D eigenvalue weighted by atomic mass is 9.93. The maximum Gasteiger partial charge on any atom is 0.251 e. The lowest BCUT2D eigenvalue weighted by Gasteiger charge is -2.35. The third-order valence-corrected chi connectivity index (χ3v) is 10.7. The first-order valence-corrected chi connectivity index (χ1v) is 16.1. The summed E-state index contributed by atoms with van der Waals surface area (Å²) in [6.45, 7) is 5.05. The van der Waals surface area contributed by atoms with Gasteiger partial charge in [0.1, 0.15) is 16.8 Å². The molecule has 1 aromatic carbocycles. The van der Waals surface area contributed by atoms with Crippen LogP contribution >= 0.6 is 0 Å². The van der Waals surface area contributed by atoms with Crippen molar-refractivity contribution in [3.8, 4) is 16.9 Å². The Morgan fingerprint density at radius 3 is 2.33 bits per heavy atom. The van der Waals surface area contributed by atoms with Crippen LogP contribution in [0.3, 0.4) is 0 Å². The highest BCUT2D eigenvalue weighted by Gasteiger charge is 2.44. The van der Waals surface area contributed by atoms with Crippen LogP contribution in [0.5, 0.6) is 0 Å². The number of alkyl halides is 2. The van der Waals surface area contributed by atoms with Crippen molar-refractivity contribution >= 4 is 27.2 Å². The highest BCUT2D eigenvalue weighted by Crippen LogP contribution is 2.54. The van der Waals surface area contributed by atoms with E-state index in [0.29, 0.717) is 22.6 Å². The molecule has 3 fully saturated rings. The van der Waals surface area contributed by atoms with Crippen molar-refractivity contribution in [2.24, 2.45) is 5.41 Å². The number of aliphatic hydroxyl groups is 1. The minimum absolute atomic E-state index is 0.195. The zero-order valence-electron chi connectivity index (χ0n) is 23.9. The molecule has 10 nitrogen and oxygen atoms in total. The van der Waals surface area contributed by atoms with Crippen LogP contribution in [-0.4, -0.2) is 77.5 Å². The van der Waals surface area contributed by atoms with Crippen molar-refractivity contribution in [1.82, 2.24) is 20.0 Å². The van der Waals surface area contributed by atoms with Gasteiger partial charge >= 0.3 is 0 Å². The number of anilines is 3. The molecule has 1 spiro atoms. The molecule has 1 saturated carbocycles. The van der Waals surface area contributed by atoms with Gasteiger partial charge in [-0.05, 0) is 75.3 Å². The van der Waals surface area contributed by atoms with Crippen molar-refractivity contribution in [2.45, 2.75) is 63.5 Å². The van der Waals surface area contributed by atoms with E-state index in [1.165, 1.54) is 19.8 Å². The molecule has 4 heterocycles. The van der Waals surface area contributed by atoms with Crippen LogP contribution in [0.1, 0.15) is 51.1 Å². The molecule has 1 atom stereocenters. The second-order valence-corrected chi connectivity index (χ2v) is 14.2. The molecule has 42 heavy (non-hydrogen) atoms. The molecule has 226 valence electrons. The number of aryl methyl sites for hydroxylation is 1. The Morgan fingerprint density at radius 2 is 1.67 bits per heavy atom. The standard InChI is InChI=1S/C29H37F2N7O3S/c1-20-15-22(16-27(32-20)37-13-9-29(30,31)10-14-37)24-18-38(35-33-24)25-4-3-23(34-42(40,41)21(2)19-39)17-26(25)36-11-7-28(5-6-28)8-12-36/h3-4,15-18,21,34,39H,5-14,19H2,1-2H3/t21-/m1/s1. The fourth-order valence-corrected chi connectivity index (χ4v) is 6.69. The smallest absolute Gasteiger partial charge is 0.251 e. The van der Waals surface area contributed by atoms with Crippen LogP contribution < -0.4 is 14.5 Å². The number of sulfonamides is 1. The monoisotopic (exact) mass is 601 g/mol. The molecule has 3 aromatic rings. The van der Waals surface area contributed by atoms with Crippen molar-refractivity contribution in [2.75, 3.05) is 47.3 Å². The lowest BCUT2D eigenvalue weighted by molar-refractivity contribution is -0.0221. The third kappa shape index (κ3) is 5.94. The topological polar surface area (TPSA) is 116 Å². The Kier molecular flexibility index (Phi) is 7.37. The number of hydrogen-bond acceptors (Lipinski definition) is 8. The van der Waals surface area contributed by atoms with E-state index in [0.717, 1.165) is 48.6 Å². The predicted octanol–water partition coefficient (Wildman–Crippen LogP) is 4.38. The van der Waals surface area contributed by atoms with Crippen LogP contribution in [0.15, 0.2) is 36.5 Å². The lowest BCUT2D eigenvalue weighted by Crippen LogP contribution is -2.39. The Hall–Kier alpha value is -3.32. The summed E-state index contributed by atoms with van der Waals surface area (Å²) in [6.07, 6.45) is 6.16. The van der Waals surface area contributed by atoms with Crippen molar-refractivity contribution in [3.05, 3.63) is 42.2 Å². The first kappa shape index (κ1) is 28.8. The molecule has 2 saturated heterocycles. The molecule has 2 N–H and O–H groups in total. The van der Waals surface area contributed by atoms with Gasteiger partial charge in [0.05, 0.1) is 29.9 Å². The van der Waals surface area contributed by atoms with Crippen LogP contribution in [0.2, 0.25) is 0 Å². The summed E-state index contributed by atoms with van der Waals surface area (Å²) in [5.41, 5.74) is 4.66. The van der Waals surface area contributed by atoms with Gasteiger partial charge in [-0.2, -0.15) is 0 Å². The number of nitrogens with one attached hydrogen (secondary N) is 1. The number of aliphatic hydroxyl groups excluding tert-OH is 1. The highest BCUT2D eigenvalue weighted by atomic mass is 32.2. The van der Waals surface area contributed by atoms with E-state index in [4.69, 9.17) is 0 Å². The van der Waals surface area contributed by atoms with Crippen LogP contribution in [0, 0.1) is 12.3 Å². The molecular weight excluding hydrogens is 564 g/mol. The zero-order valence-corrected chi connectivity index (χ0v) is 24.7. The molecule has 1 aliphatic carbocycles. The summed E-state index contributed by atoms with van der Waals surface area (Å²) in [5.74, 6) is -1.99. The maximum atomic E-state index is 13.7. The molecule has 2 aliphatic heterocycles. The number of nitrogens with zero attached hydrogens (tertiary/aromatic N) is 6. The largest absolute Gasteiger partial charge is 0.395 e. The van der Waals surface area contributed by atoms with Gasteiger partial charge in [-0.15, -0.1) is 5.10 Å². The average molecular weight is 602 g/mol. The molecule has 0 bridgehead atoms. The molecule has 3 aliphatic rings. The molecule has 6 rings (SSSR count). The van der Waals surface area contributed by atoms with Crippen molar-refractivity contribution in [3.63, 3.8) is 0 Å². The Bertz CT molecular complexity index is 1550. The van der Waals surface area contributed by atoms with Gasteiger partial charge in [0.25, 0.3) is 5.92 Å². The average Bonchev–Trinajstić information content (AvgIpc) is 3.52. The highest BCUT2D eigenvalue weighted by molar-refractivity contribution is 7.93. The molecular formula is C29H37F2N7O3S. The number of aromatic nitrogens is 4. The van der Waals surface area contributed by atoms with Gasteiger partial charge in [-0.3, -0.25) is 4.72 Å². The van der Waals surface area contributed by atoms with Gasteiger partial charge < -0.3 is 14.9 Å². The van der Waals surface area contributed by atoms with E-state index in [-0.39, 0.29) is 25.9 Å². The Balaban J connectivity index is 1.31. The van der Waals surface area contributed by atoms with Gasteiger partial charge in [0.15, 0.2) is 0 Å². The second kappa shape index (κ2) is 10.7. The summed E-state index contributed by atoms with van der Waals surface area (Å²) < 4.78 is 57.1. The summed E-state index contributed by atoms with van der Waals surface area (Å²) >= 11 is 0. The van der Waals surface area contributed by atoms with Crippen LogP contribution in [0.4, 0.5) is 26.0 Å². The Labute approximate surface area is 244 Å². The maximum absolute atomic E-state index is 13.7. The minimum Gasteiger partial charge on any atom is -0.395 e. The van der Waals surface area contributed by atoms with E-state index in [1.807, 2.05) is 42.3 Å². The summed E-state index contributed by atoms with van der Waals surface area (Å²) in [7, 11) is -3.76. The predicted molar refractivity (Wildman–Crippen MR) is 158 cm³/mol. The van der Waals surface area contributed by atoms with E-state index in [1.54, 1.807) is 10.7 Å². The van der Waals surface area contributed by atoms with E-state index in [2.05, 4.69) is 24.9 Å². The number of hydrogen-bond donors (Lipinski definition) is 2. The fourth-order valence-electron chi connectivity index (χ4n) is 5.83. The van der Waals surface area contributed by atoms with Gasteiger partial charge in [0, 0.05) is 50.3 Å². The number of benzene rings is 1. The number of pyridine rings is 1. The molecule has 0 unspecified atom stereocenters. The van der Waals surface area contributed by atoms with Gasteiger partial charge in [0.2, 0.25) is 10.0 Å². The first-order chi connectivity index (χ1) is 20.0. The van der Waals surface area contributed by atoms with Crippen LogP contribution in [-0.2, 0) is 10.0 Å². The number of piperidine rings is 2. The SMILES string of the molecule is Cc1cc(-c2cn(-c3ccc(NS(=O)(=O)[C@H](C)CO)cc3N3CCC4(CC3)CC4)nn2)cc(N2CCC(F)(F)CC2)n1. The third-order valence-electron chi connectivity index (χ3n) is 8.94. The van der Waals surface area contributed by atoms with E-state index < -0.39 is 27.8 Å². The van der Waals surface area contributed by atoms with Crippen molar-refractivity contribution in [1.29, 1.82) is 0 Å². The molecule has 13 heteroatoms. The van der Waals surface area contributed by atoms with E-state index in [9.17, 15) is 22.3 Å². The van der Waals surface area contributed by atoms with Gasteiger partial charge in [-0.25, -0.2) is 26.9 Å². The quantitative estimate of drug-likeness (QED) is 0.391. The number of halogens is 2. The van der Waals surface area contributed by atoms with E-state index >= 15 is 0 Å². The zero-order chi connectivity index (χ0) is 29.7. The summed E-state index contributed by atoms with van der Waals surface area (Å²) in [4.78, 5) is 8.75. The second-order valence-electron chi connectivity index (χ2n) is 12.1. The summed E-state index contributed by atoms with van der Waals surface area (Å²) in [5, 5.41) is 17.3. The normalized spacial score (nSPS) is 20.5. The van der Waals surface area contributed by atoms with Crippen molar-refractivity contribution < 1.29 is 22.3 Å². The van der Waals surface area contributed by atoms with Crippen LogP contribution in [0.25, 0.3) is 16.9 Å².